The molecule has 5 heteroatoms. The molecule has 0 aliphatic carbocycles. The lowest BCUT2D eigenvalue weighted by atomic mass is 10.1. The first-order valence-electron chi connectivity index (χ1n) is 6.03. The zero-order chi connectivity index (χ0) is 14.5. The van der Waals surface area contributed by atoms with Gasteiger partial charge in [0.25, 0.3) is 5.91 Å². The Morgan fingerprint density at radius 3 is 2.55 bits per heavy atom. The first kappa shape index (κ1) is 15.0. The monoisotopic (exact) mass is 353 g/mol. The Hall–Kier alpha value is -1.36. The highest BCUT2D eigenvalue weighted by Gasteiger charge is 2.15. The summed E-state index contributed by atoms with van der Waals surface area (Å²) in [5.74, 6) is -0.281. The summed E-state index contributed by atoms with van der Waals surface area (Å²) >= 11 is 9.22. The van der Waals surface area contributed by atoms with Crippen LogP contribution in [0.2, 0.25) is 5.02 Å². The maximum atomic E-state index is 12.2. The van der Waals surface area contributed by atoms with E-state index in [9.17, 15) is 9.90 Å². The Balaban J connectivity index is 2.17. The standard InChI is InChI=1S/C15H13BrClNO2/c16-12-6-11(7-13(17)8-12)15(20)18-14(9-19)10-4-2-1-3-5-10/h1-8,14,19H,9H2,(H,18,20)/t14-/m1/s1. The van der Waals surface area contributed by atoms with Crippen LogP contribution in [0.25, 0.3) is 0 Å². The zero-order valence-electron chi connectivity index (χ0n) is 10.5. The van der Waals surface area contributed by atoms with Gasteiger partial charge >= 0.3 is 0 Å². The van der Waals surface area contributed by atoms with Crippen molar-refractivity contribution in [2.45, 2.75) is 6.04 Å². The number of halogens is 2. The second kappa shape index (κ2) is 6.88. The molecule has 0 aliphatic heterocycles. The van der Waals surface area contributed by atoms with Gasteiger partial charge in [-0.05, 0) is 23.8 Å². The number of aliphatic hydroxyl groups excluding tert-OH is 1. The highest BCUT2D eigenvalue weighted by Crippen LogP contribution is 2.20. The van der Waals surface area contributed by atoms with Gasteiger partial charge in [0.2, 0.25) is 0 Å². The zero-order valence-corrected chi connectivity index (χ0v) is 12.9. The van der Waals surface area contributed by atoms with Crippen LogP contribution < -0.4 is 5.32 Å². The van der Waals surface area contributed by atoms with Crippen LogP contribution in [0.1, 0.15) is 22.0 Å². The van der Waals surface area contributed by atoms with Crippen molar-refractivity contribution >= 4 is 33.4 Å². The molecule has 0 aromatic heterocycles. The fourth-order valence-electron chi connectivity index (χ4n) is 1.85. The van der Waals surface area contributed by atoms with Crippen molar-refractivity contribution in [3.05, 3.63) is 69.2 Å². The summed E-state index contributed by atoms with van der Waals surface area (Å²) in [5, 5.41) is 12.7. The van der Waals surface area contributed by atoms with E-state index < -0.39 is 6.04 Å². The Labute approximate surface area is 130 Å². The lowest BCUT2D eigenvalue weighted by Crippen LogP contribution is -2.30. The minimum Gasteiger partial charge on any atom is -0.394 e. The van der Waals surface area contributed by atoms with Crippen molar-refractivity contribution in [3.8, 4) is 0 Å². The fourth-order valence-corrected chi connectivity index (χ4v) is 2.71. The van der Waals surface area contributed by atoms with Crippen LogP contribution in [0.15, 0.2) is 53.0 Å². The van der Waals surface area contributed by atoms with E-state index in [0.717, 1.165) is 10.0 Å². The van der Waals surface area contributed by atoms with Gasteiger partial charge in [0, 0.05) is 15.1 Å². The number of aliphatic hydroxyl groups is 1. The number of carbonyl (C=O) groups is 1. The van der Waals surface area contributed by atoms with E-state index in [4.69, 9.17) is 11.6 Å². The molecule has 104 valence electrons. The van der Waals surface area contributed by atoms with Crippen LogP contribution in [0.5, 0.6) is 0 Å². The molecule has 0 radical (unpaired) electrons. The van der Waals surface area contributed by atoms with Crippen molar-refractivity contribution < 1.29 is 9.90 Å². The van der Waals surface area contributed by atoms with Crippen LogP contribution >= 0.6 is 27.5 Å². The van der Waals surface area contributed by atoms with E-state index in [1.807, 2.05) is 30.3 Å². The molecule has 3 nitrogen and oxygen atoms in total. The van der Waals surface area contributed by atoms with Gasteiger partial charge in [-0.25, -0.2) is 0 Å². The first-order chi connectivity index (χ1) is 9.60. The van der Waals surface area contributed by atoms with Crippen LogP contribution in [0.4, 0.5) is 0 Å². The molecule has 0 fully saturated rings. The molecule has 0 spiro atoms. The number of nitrogens with one attached hydrogen (secondary N) is 1. The second-order valence-corrected chi connectivity index (χ2v) is 5.63. The lowest BCUT2D eigenvalue weighted by molar-refractivity contribution is 0.0916. The van der Waals surface area contributed by atoms with Gasteiger partial charge < -0.3 is 10.4 Å². The lowest BCUT2D eigenvalue weighted by Gasteiger charge is -2.17. The Bertz CT molecular complexity index is 584. The average Bonchev–Trinajstić information content (AvgIpc) is 2.44. The van der Waals surface area contributed by atoms with E-state index in [1.165, 1.54) is 0 Å². The molecule has 20 heavy (non-hydrogen) atoms. The summed E-state index contributed by atoms with van der Waals surface area (Å²) < 4.78 is 0.732. The molecule has 2 rings (SSSR count). The number of rotatable bonds is 4. The summed E-state index contributed by atoms with van der Waals surface area (Å²) in [6.07, 6.45) is 0. The molecule has 1 amide bonds. The van der Waals surface area contributed by atoms with E-state index >= 15 is 0 Å². The first-order valence-corrected chi connectivity index (χ1v) is 7.20. The van der Waals surface area contributed by atoms with Gasteiger partial charge in [-0.15, -0.1) is 0 Å². The predicted molar refractivity (Wildman–Crippen MR) is 82.9 cm³/mol. The van der Waals surface area contributed by atoms with Gasteiger partial charge in [-0.3, -0.25) is 4.79 Å². The molecule has 0 aliphatic rings. The van der Waals surface area contributed by atoms with E-state index in [2.05, 4.69) is 21.2 Å². The molecular formula is C15H13BrClNO2. The minimum atomic E-state index is -0.443. The number of hydrogen-bond acceptors (Lipinski definition) is 2. The quantitative estimate of drug-likeness (QED) is 0.882. The van der Waals surface area contributed by atoms with Gasteiger partial charge in [0.05, 0.1) is 12.6 Å². The van der Waals surface area contributed by atoms with E-state index in [-0.39, 0.29) is 12.5 Å². The SMILES string of the molecule is O=C(N[C@H](CO)c1ccccc1)c1cc(Cl)cc(Br)c1. The molecular weight excluding hydrogens is 342 g/mol. The summed E-state index contributed by atoms with van der Waals surface area (Å²) in [7, 11) is 0. The van der Waals surface area contributed by atoms with Crippen LogP contribution in [0.3, 0.4) is 0 Å². The van der Waals surface area contributed by atoms with Gasteiger partial charge in [-0.1, -0.05) is 57.9 Å². The van der Waals surface area contributed by atoms with Crippen LogP contribution in [-0.4, -0.2) is 17.6 Å². The normalized spacial score (nSPS) is 11.9. The molecule has 0 saturated carbocycles. The molecule has 0 saturated heterocycles. The molecule has 0 heterocycles. The maximum Gasteiger partial charge on any atom is 0.251 e. The number of carbonyl (C=O) groups excluding carboxylic acids is 1. The minimum absolute atomic E-state index is 0.169. The van der Waals surface area contributed by atoms with E-state index in [1.54, 1.807) is 18.2 Å². The molecule has 1 atom stereocenters. The van der Waals surface area contributed by atoms with Crippen molar-refractivity contribution in [1.29, 1.82) is 0 Å². The Morgan fingerprint density at radius 1 is 1.25 bits per heavy atom. The van der Waals surface area contributed by atoms with E-state index in [0.29, 0.717) is 10.6 Å². The van der Waals surface area contributed by atoms with Gasteiger partial charge in [0.15, 0.2) is 0 Å². The fraction of sp³-hybridized carbons (Fsp3) is 0.133. The third kappa shape index (κ3) is 3.82. The molecule has 2 aromatic carbocycles. The summed E-state index contributed by atoms with van der Waals surface area (Å²) in [5.41, 5.74) is 1.29. The molecule has 2 N–H and O–H groups in total. The summed E-state index contributed by atoms with van der Waals surface area (Å²) in [4.78, 5) is 12.2. The maximum absolute atomic E-state index is 12.2. The molecule has 2 aromatic rings. The van der Waals surface area contributed by atoms with Crippen LogP contribution in [0, 0.1) is 0 Å². The highest BCUT2D eigenvalue weighted by molar-refractivity contribution is 9.10. The number of amides is 1. The third-order valence-electron chi connectivity index (χ3n) is 2.81. The Morgan fingerprint density at radius 2 is 1.95 bits per heavy atom. The Kier molecular flexibility index (Phi) is 5.17. The van der Waals surface area contributed by atoms with Crippen molar-refractivity contribution in [2.24, 2.45) is 0 Å². The topological polar surface area (TPSA) is 49.3 Å². The highest BCUT2D eigenvalue weighted by atomic mass is 79.9. The van der Waals surface area contributed by atoms with Crippen LogP contribution in [-0.2, 0) is 0 Å². The third-order valence-corrected chi connectivity index (χ3v) is 3.49. The largest absolute Gasteiger partial charge is 0.394 e. The summed E-state index contributed by atoms with van der Waals surface area (Å²) in [6, 6.07) is 13.8. The number of hydrogen-bond donors (Lipinski definition) is 2. The van der Waals surface area contributed by atoms with Crippen molar-refractivity contribution in [1.82, 2.24) is 5.32 Å². The molecule has 0 bridgehead atoms. The van der Waals surface area contributed by atoms with Gasteiger partial charge in [0.1, 0.15) is 0 Å². The van der Waals surface area contributed by atoms with Gasteiger partial charge in [-0.2, -0.15) is 0 Å². The number of benzene rings is 2. The molecule has 0 unspecified atom stereocenters. The average molecular weight is 355 g/mol. The predicted octanol–water partition coefficient (Wildman–Crippen LogP) is 3.57. The second-order valence-electron chi connectivity index (χ2n) is 4.28. The summed E-state index contributed by atoms with van der Waals surface area (Å²) in [6.45, 7) is -0.169. The smallest absolute Gasteiger partial charge is 0.251 e. The van der Waals surface area contributed by atoms with Crippen molar-refractivity contribution in [2.75, 3.05) is 6.61 Å². The van der Waals surface area contributed by atoms with Crippen molar-refractivity contribution in [3.63, 3.8) is 0 Å².